The maximum absolute atomic E-state index is 11.6. The van der Waals surface area contributed by atoms with Gasteiger partial charge in [-0.05, 0) is 35.2 Å². The van der Waals surface area contributed by atoms with Crippen molar-refractivity contribution in [1.29, 1.82) is 0 Å². The van der Waals surface area contributed by atoms with Gasteiger partial charge in [0, 0.05) is 11.8 Å². The molecule has 1 fully saturated rings. The summed E-state index contributed by atoms with van der Waals surface area (Å²) >= 11 is 1.66. The first-order valence-corrected chi connectivity index (χ1v) is 5.19. The largest absolute Gasteiger partial charge is 0.299 e. The van der Waals surface area contributed by atoms with Crippen molar-refractivity contribution in [2.75, 3.05) is 0 Å². The Labute approximate surface area is 76.4 Å². The van der Waals surface area contributed by atoms with E-state index >= 15 is 0 Å². The maximum atomic E-state index is 11.6. The fourth-order valence-electron chi connectivity index (χ4n) is 1.26. The van der Waals surface area contributed by atoms with E-state index < -0.39 is 0 Å². The second kappa shape index (κ2) is 2.70. The summed E-state index contributed by atoms with van der Waals surface area (Å²) in [7, 11) is 0. The van der Waals surface area contributed by atoms with Gasteiger partial charge in [-0.15, -0.1) is 0 Å². The minimum absolute atomic E-state index is 0.0436. The molecule has 2 heteroatoms. The number of Topliss-reactive ketones (excluding diaryl/α,β-unsaturated/α-hetero) is 1. The third-order valence-electron chi connectivity index (χ3n) is 2.62. The van der Waals surface area contributed by atoms with Crippen LogP contribution in [0, 0.1) is 5.41 Å². The molecule has 1 aliphatic carbocycles. The van der Waals surface area contributed by atoms with Crippen molar-refractivity contribution < 1.29 is 4.79 Å². The van der Waals surface area contributed by atoms with Crippen LogP contribution in [0.1, 0.15) is 25.3 Å². The molecule has 1 saturated carbocycles. The van der Waals surface area contributed by atoms with Gasteiger partial charge in [0.25, 0.3) is 0 Å². The first kappa shape index (κ1) is 7.99. The lowest BCUT2D eigenvalue weighted by Crippen LogP contribution is -2.13. The molecule has 1 aromatic rings. The smallest absolute Gasteiger partial charge is 0.143 e. The zero-order valence-corrected chi connectivity index (χ0v) is 7.99. The molecule has 0 bridgehead atoms. The van der Waals surface area contributed by atoms with Crippen molar-refractivity contribution in [3.63, 3.8) is 0 Å². The van der Waals surface area contributed by atoms with Crippen LogP contribution in [0.2, 0.25) is 0 Å². The van der Waals surface area contributed by atoms with Gasteiger partial charge in [0.2, 0.25) is 0 Å². The highest BCUT2D eigenvalue weighted by molar-refractivity contribution is 7.07. The number of carbonyl (C=O) groups is 1. The highest BCUT2D eigenvalue weighted by atomic mass is 32.1. The summed E-state index contributed by atoms with van der Waals surface area (Å²) in [6.07, 6.45) is 2.83. The van der Waals surface area contributed by atoms with Crippen LogP contribution in [-0.2, 0) is 11.2 Å². The van der Waals surface area contributed by atoms with E-state index in [-0.39, 0.29) is 5.41 Å². The second-order valence-electron chi connectivity index (χ2n) is 3.79. The molecular formula is C10H12OS. The first-order valence-electron chi connectivity index (χ1n) is 4.25. The van der Waals surface area contributed by atoms with Crippen LogP contribution < -0.4 is 0 Å². The molecule has 0 atom stereocenters. The van der Waals surface area contributed by atoms with E-state index in [9.17, 15) is 4.79 Å². The summed E-state index contributed by atoms with van der Waals surface area (Å²) in [4.78, 5) is 11.6. The molecule has 0 aliphatic heterocycles. The van der Waals surface area contributed by atoms with E-state index in [1.807, 2.05) is 11.4 Å². The van der Waals surface area contributed by atoms with Crippen LogP contribution in [0.25, 0.3) is 0 Å². The van der Waals surface area contributed by atoms with Gasteiger partial charge in [0.05, 0.1) is 0 Å². The molecule has 1 heterocycles. The Bertz CT molecular complexity index is 283. The molecule has 12 heavy (non-hydrogen) atoms. The molecule has 0 N–H and O–H groups in total. The molecule has 0 spiro atoms. The predicted molar refractivity (Wildman–Crippen MR) is 50.4 cm³/mol. The van der Waals surface area contributed by atoms with Crippen molar-refractivity contribution in [3.8, 4) is 0 Å². The maximum Gasteiger partial charge on any atom is 0.143 e. The summed E-state index contributed by atoms with van der Waals surface area (Å²) in [6.45, 7) is 2.07. The zero-order chi connectivity index (χ0) is 8.60. The average molecular weight is 180 g/mol. The molecule has 0 saturated heterocycles. The minimum atomic E-state index is 0.0436. The predicted octanol–water partition coefficient (Wildman–Crippen LogP) is 2.66. The Morgan fingerprint density at radius 1 is 1.67 bits per heavy atom. The van der Waals surface area contributed by atoms with Gasteiger partial charge in [-0.25, -0.2) is 0 Å². The standard InChI is InChI=1S/C10H12OS/c1-10(3-4-10)9(11)6-8-2-5-12-7-8/h2,5,7H,3-4,6H2,1H3. The Kier molecular flexibility index (Phi) is 1.80. The van der Waals surface area contributed by atoms with Gasteiger partial charge >= 0.3 is 0 Å². The van der Waals surface area contributed by atoms with E-state index in [2.05, 4.69) is 12.3 Å². The molecular weight excluding hydrogens is 168 g/mol. The second-order valence-corrected chi connectivity index (χ2v) is 4.57. The SMILES string of the molecule is CC1(C(=O)Cc2ccsc2)CC1. The van der Waals surface area contributed by atoms with Crippen molar-refractivity contribution in [3.05, 3.63) is 22.4 Å². The lowest BCUT2D eigenvalue weighted by molar-refractivity contribution is -0.122. The summed E-state index contributed by atoms with van der Waals surface area (Å²) < 4.78 is 0. The van der Waals surface area contributed by atoms with Crippen LogP contribution in [-0.4, -0.2) is 5.78 Å². The number of hydrogen-bond acceptors (Lipinski definition) is 2. The molecule has 1 aromatic heterocycles. The molecule has 0 amide bonds. The number of thiophene rings is 1. The van der Waals surface area contributed by atoms with Gasteiger partial charge in [-0.3, -0.25) is 4.79 Å². The Morgan fingerprint density at radius 3 is 2.92 bits per heavy atom. The monoisotopic (exact) mass is 180 g/mol. The normalized spacial score (nSPS) is 19.1. The summed E-state index contributed by atoms with van der Waals surface area (Å²) in [5, 5.41) is 4.08. The number of ketones is 1. The number of hydrogen-bond donors (Lipinski definition) is 0. The van der Waals surface area contributed by atoms with E-state index in [1.54, 1.807) is 11.3 Å². The number of rotatable bonds is 3. The minimum Gasteiger partial charge on any atom is -0.299 e. The fraction of sp³-hybridized carbons (Fsp3) is 0.500. The zero-order valence-electron chi connectivity index (χ0n) is 7.17. The van der Waals surface area contributed by atoms with Crippen LogP contribution in [0.5, 0.6) is 0 Å². The highest BCUT2D eigenvalue weighted by Gasteiger charge is 2.43. The molecule has 64 valence electrons. The van der Waals surface area contributed by atoms with E-state index in [1.165, 1.54) is 5.56 Å². The molecule has 2 rings (SSSR count). The number of carbonyl (C=O) groups excluding carboxylic acids is 1. The van der Waals surface area contributed by atoms with Crippen molar-refractivity contribution in [2.24, 2.45) is 5.41 Å². The quantitative estimate of drug-likeness (QED) is 0.699. The van der Waals surface area contributed by atoms with E-state index in [0.29, 0.717) is 12.2 Å². The van der Waals surface area contributed by atoms with Crippen LogP contribution in [0.3, 0.4) is 0 Å². The van der Waals surface area contributed by atoms with Crippen molar-refractivity contribution in [1.82, 2.24) is 0 Å². The van der Waals surface area contributed by atoms with Crippen LogP contribution >= 0.6 is 11.3 Å². The van der Waals surface area contributed by atoms with Gasteiger partial charge < -0.3 is 0 Å². The third kappa shape index (κ3) is 1.44. The summed E-state index contributed by atoms with van der Waals surface area (Å²) in [5.74, 6) is 0.418. The lowest BCUT2D eigenvalue weighted by Gasteiger charge is -2.04. The van der Waals surface area contributed by atoms with Gasteiger partial charge in [-0.1, -0.05) is 6.92 Å². The molecule has 0 aromatic carbocycles. The topological polar surface area (TPSA) is 17.1 Å². The summed E-state index contributed by atoms with van der Waals surface area (Å²) in [6, 6.07) is 2.04. The van der Waals surface area contributed by atoms with Crippen LogP contribution in [0.15, 0.2) is 16.8 Å². The van der Waals surface area contributed by atoms with E-state index in [0.717, 1.165) is 12.8 Å². The molecule has 1 nitrogen and oxygen atoms in total. The van der Waals surface area contributed by atoms with Crippen LogP contribution in [0.4, 0.5) is 0 Å². The summed E-state index contributed by atoms with van der Waals surface area (Å²) in [5.41, 5.74) is 1.22. The Morgan fingerprint density at radius 2 is 2.42 bits per heavy atom. The Balaban J connectivity index is 2.00. The van der Waals surface area contributed by atoms with Gasteiger partial charge in [0.15, 0.2) is 0 Å². The molecule has 0 unspecified atom stereocenters. The van der Waals surface area contributed by atoms with E-state index in [4.69, 9.17) is 0 Å². The highest BCUT2D eigenvalue weighted by Crippen LogP contribution is 2.46. The fourth-order valence-corrected chi connectivity index (χ4v) is 1.93. The van der Waals surface area contributed by atoms with Gasteiger partial charge in [-0.2, -0.15) is 11.3 Å². The molecule has 0 radical (unpaired) electrons. The first-order chi connectivity index (χ1) is 5.71. The van der Waals surface area contributed by atoms with Crippen molar-refractivity contribution in [2.45, 2.75) is 26.2 Å². The Hall–Kier alpha value is -0.630. The lowest BCUT2D eigenvalue weighted by atomic mass is 9.99. The molecule has 1 aliphatic rings. The third-order valence-corrected chi connectivity index (χ3v) is 3.35. The van der Waals surface area contributed by atoms with Crippen molar-refractivity contribution >= 4 is 17.1 Å². The average Bonchev–Trinajstić information content (AvgIpc) is 2.63. The van der Waals surface area contributed by atoms with Gasteiger partial charge in [0.1, 0.15) is 5.78 Å².